The number of nitrogens with one attached hydrogen (secondary N) is 4. The van der Waals surface area contributed by atoms with Crippen molar-refractivity contribution in [2.75, 3.05) is 7.05 Å². The van der Waals surface area contributed by atoms with Crippen molar-refractivity contribution >= 4 is 23.8 Å². The van der Waals surface area contributed by atoms with Crippen LogP contribution < -0.4 is 26.0 Å². The number of amides is 3. The third kappa shape index (κ3) is 8.18. The van der Waals surface area contributed by atoms with Gasteiger partial charge in [-0.3, -0.25) is 14.4 Å². The molecule has 0 spiro atoms. The molecule has 4 rings (SSSR count). The van der Waals surface area contributed by atoms with Crippen molar-refractivity contribution in [3.8, 4) is 5.75 Å². The molecule has 0 fully saturated rings. The Morgan fingerprint density at radius 2 is 1.66 bits per heavy atom. The second-order valence-electron chi connectivity index (χ2n) is 10.4. The van der Waals surface area contributed by atoms with Crippen LogP contribution in [0.5, 0.6) is 5.75 Å². The van der Waals surface area contributed by atoms with E-state index >= 15 is 0 Å². The maximum absolute atomic E-state index is 13.8. The van der Waals surface area contributed by atoms with E-state index in [1.165, 1.54) is 0 Å². The summed E-state index contributed by atoms with van der Waals surface area (Å²) in [5.41, 5.74) is 1.89. The van der Waals surface area contributed by atoms with Crippen LogP contribution in [0, 0.1) is 11.8 Å². The van der Waals surface area contributed by atoms with Gasteiger partial charge in [0, 0.05) is 6.20 Å². The van der Waals surface area contributed by atoms with Gasteiger partial charge in [0.2, 0.25) is 17.7 Å². The molecule has 8 nitrogen and oxygen atoms in total. The predicted octanol–water partition coefficient (Wildman–Crippen LogP) is 3.04. The van der Waals surface area contributed by atoms with Crippen molar-refractivity contribution in [2.45, 2.75) is 64.8 Å². The van der Waals surface area contributed by atoms with Crippen LogP contribution in [-0.4, -0.2) is 49.0 Å². The molecule has 2 aliphatic rings. The van der Waals surface area contributed by atoms with E-state index in [1.807, 2.05) is 82.3 Å². The van der Waals surface area contributed by atoms with Gasteiger partial charge in [-0.1, -0.05) is 70.2 Å². The van der Waals surface area contributed by atoms with Gasteiger partial charge in [0.1, 0.15) is 23.9 Å². The van der Waals surface area contributed by atoms with Gasteiger partial charge in [-0.15, -0.1) is 0 Å². The monoisotopic (exact) mass is 520 g/mol. The molecule has 0 saturated carbocycles. The van der Waals surface area contributed by atoms with Crippen LogP contribution in [0.4, 0.5) is 0 Å². The summed E-state index contributed by atoms with van der Waals surface area (Å²) in [6, 6.07) is 14.7. The summed E-state index contributed by atoms with van der Waals surface area (Å²) in [6.45, 7) is 7.86. The van der Waals surface area contributed by atoms with E-state index in [-0.39, 0.29) is 23.7 Å². The average molecular weight is 521 g/mol. The van der Waals surface area contributed by atoms with Crippen LogP contribution in [0.15, 0.2) is 60.8 Å². The predicted molar refractivity (Wildman–Crippen MR) is 149 cm³/mol. The third-order valence-electron chi connectivity index (χ3n) is 6.51. The van der Waals surface area contributed by atoms with Gasteiger partial charge in [-0.05, 0) is 61.1 Å². The first kappa shape index (κ1) is 28.9. The van der Waals surface area contributed by atoms with E-state index in [2.05, 4.69) is 21.3 Å². The summed E-state index contributed by atoms with van der Waals surface area (Å²) in [5.74, 6) is -0.493. The SMILES string of the molecule is CN[C@H](Cc1ccccc1)C(=O)N[C@H]1C(=O)N[C@H](CC(C)C)C(=O)N/C=C/c2ccc(cc2)O[C@@H]1C(C)C. The van der Waals surface area contributed by atoms with Crippen LogP contribution >= 0.6 is 0 Å². The standard InChI is InChI=1S/C30H40N4O4/c1-19(2)17-25-28(35)32-16-15-21-11-13-23(14-12-21)38-27(20(3)4)26(30(37)33-25)34-29(36)24(31-5)18-22-9-7-6-8-10-22/h6-16,19-20,24-27,31H,17-18H2,1-5H3,(H,32,35)(H,33,37)(H,34,36)/b16-15+/t24-,25-,26-,27-/m1/s1. The Kier molecular flexibility index (Phi) is 10.5. The van der Waals surface area contributed by atoms with Crippen molar-refractivity contribution in [3.63, 3.8) is 0 Å². The van der Waals surface area contributed by atoms with Crippen LogP contribution in [0.3, 0.4) is 0 Å². The van der Waals surface area contributed by atoms with Crippen molar-refractivity contribution in [2.24, 2.45) is 11.8 Å². The van der Waals surface area contributed by atoms with Crippen molar-refractivity contribution in [1.29, 1.82) is 0 Å². The molecule has 38 heavy (non-hydrogen) atoms. The summed E-state index contributed by atoms with van der Waals surface area (Å²) in [6.07, 6.45) is 3.58. The molecule has 0 aromatic heterocycles. The number of rotatable bonds is 8. The number of carbonyl (C=O) groups excluding carboxylic acids is 3. The Balaban J connectivity index is 1.95. The molecule has 0 aliphatic carbocycles. The van der Waals surface area contributed by atoms with Gasteiger partial charge < -0.3 is 26.0 Å². The van der Waals surface area contributed by atoms with E-state index in [4.69, 9.17) is 4.74 Å². The van der Waals surface area contributed by atoms with E-state index in [0.717, 1.165) is 11.1 Å². The highest BCUT2D eigenvalue weighted by Gasteiger charge is 2.37. The molecule has 0 unspecified atom stereocenters. The first-order chi connectivity index (χ1) is 18.2. The van der Waals surface area contributed by atoms with E-state index < -0.39 is 30.1 Å². The zero-order chi connectivity index (χ0) is 27.7. The molecular formula is C30H40N4O4. The number of likely N-dealkylation sites (N-methyl/N-ethyl adjacent to an activating group) is 1. The average Bonchev–Trinajstić information content (AvgIpc) is 2.89. The van der Waals surface area contributed by atoms with Crippen LogP contribution in [0.1, 0.15) is 45.2 Å². The van der Waals surface area contributed by atoms with Crippen LogP contribution in [0.2, 0.25) is 0 Å². The minimum atomic E-state index is -1.03. The van der Waals surface area contributed by atoms with Crippen LogP contribution in [-0.2, 0) is 20.8 Å². The minimum absolute atomic E-state index is 0.127. The highest BCUT2D eigenvalue weighted by Crippen LogP contribution is 2.21. The van der Waals surface area contributed by atoms with Gasteiger partial charge in [0.05, 0.1) is 6.04 Å². The smallest absolute Gasteiger partial charge is 0.247 e. The minimum Gasteiger partial charge on any atom is -0.487 e. The molecule has 3 amide bonds. The third-order valence-corrected chi connectivity index (χ3v) is 6.51. The number of hydrogen-bond donors (Lipinski definition) is 4. The molecule has 2 aromatic carbocycles. The maximum Gasteiger partial charge on any atom is 0.247 e. The van der Waals surface area contributed by atoms with E-state index in [0.29, 0.717) is 18.6 Å². The normalized spacial score (nSPS) is 21.7. The van der Waals surface area contributed by atoms with Gasteiger partial charge in [0.15, 0.2) is 0 Å². The fraction of sp³-hybridized carbons (Fsp3) is 0.433. The number of benzene rings is 2. The Hall–Kier alpha value is -3.65. The van der Waals surface area contributed by atoms with E-state index in [9.17, 15) is 14.4 Å². The zero-order valence-corrected chi connectivity index (χ0v) is 22.9. The van der Waals surface area contributed by atoms with Gasteiger partial charge in [0.25, 0.3) is 0 Å². The lowest BCUT2D eigenvalue weighted by Crippen LogP contribution is -2.61. The van der Waals surface area contributed by atoms with Gasteiger partial charge in [-0.2, -0.15) is 0 Å². The van der Waals surface area contributed by atoms with Crippen LogP contribution in [0.25, 0.3) is 6.08 Å². The Morgan fingerprint density at radius 1 is 0.974 bits per heavy atom. The Morgan fingerprint density at radius 3 is 2.26 bits per heavy atom. The molecule has 2 aromatic rings. The number of carbonyl (C=O) groups is 3. The summed E-state index contributed by atoms with van der Waals surface area (Å²) in [7, 11) is 1.72. The molecule has 4 atom stereocenters. The fourth-order valence-corrected chi connectivity index (χ4v) is 4.42. The Labute approximate surface area is 225 Å². The van der Waals surface area contributed by atoms with Crippen molar-refractivity contribution in [3.05, 3.63) is 71.9 Å². The van der Waals surface area contributed by atoms with Crippen molar-refractivity contribution < 1.29 is 19.1 Å². The molecule has 2 bridgehead atoms. The quantitative estimate of drug-likeness (QED) is 0.428. The summed E-state index contributed by atoms with van der Waals surface area (Å²) in [4.78, 5) is 40.3. The highest BCUT2D eigenvalue weighted by molar-refractivity contribution is 5.94. The molecule has 2 aliphatic heterocycles. The molecule has 4 N–H and O–H groups in total. The Bertz CT molecular complexity index is 1100. The second-order valence-corrected chi connectivity index (χ2v) is 10.4. The second kappa shape index (κ2) is 13.8. The molecule has 204 valence electrons. The first-order valence-electron chi connectivity index (χ1n) is 13.2. The number of fused-ring (bicyclic) bond motifs is 10. The molecular weight excluding hydrogens is 480 g/mol. The maximum atomic E-state index is 13.8. The molecule has 0 saturated heterocycles. The first-order valence-corrected chi connectivity index (χ1v) is 13.2. The topological polar surface area (TPSA) is 109 Å². The lowest BCUT2D eigenvalue weighted by molar-refractivity contribution is -0.135. The molecule has 8 heteroatoms. The van der Waals surface area contributed by atoms with E-state index in [1.54, 1.807) is 19.3 Å². The lowest BCUT2D eigenvalue weighted by Gasteiger charge is -2.33. The zero-order valence-electron chi connectivity index (χ0n) is 22.9. The number of hydrogen-bond acceptors (Lipinski definition) is 5. The van der Waals surface area contributed by atoms with Crippen molar-refractivity contribution in [1.82, 2.24) is 21.3 Å². The van der Waals surface area contributed by atoms with Gasteiger partial charge >= 0.3 is 0 Å². The largest absolute Gasteiger partial charge is 0.487 e. The highest BCUT2D eigenvalue weighted by atomic mass is 16.5. The summed E-state index contributed by atoms with van der Waals surface area (Å²) < 4.78 is 6.31. The molecule has 2 heterocycles. The summed E-state index contributed by atoms with van der Waals surface area (Å²) >= 11 is 0. The molecule has 0 radical (unpaired) electrons. The summed E-state index contributed by atoms with van der Waals surface area (Å²) in [5, 5.41) is 11.7. The number of ether oxygens (including phenoxy) is 1. The van der Waals surface area contributed by atoms with Gasteiger partial charge in [-0.25, -0.2) is 0 Å². The fourth-order valence-electron chi connectivity index (χ4n) is 4.42. The lowest BCUT2D eigenvalue weighted by atomic mass is 9.96.